The van der Waals surface area contributed by atoms with Crippen molar-refractivity contribution in [1.29, 1.82) is 0 Å². The second-order valence-corrected chi connectivity index (χ2v) is 8.80. The molecule has 2 aromatic carbocycles. The van der Waals surface area contributed by atoms with Gasteiger partial charge >= 0.3 is 12.1 Å². The van der Waals surface area contributed by atoms with Gasteiger partial charge in [-0.1, -0.05) is 12.1 Å². The molecule has 12 heteroatoms. The highest BCUT2D eigenvalue weighted by molar-refractivity contribution is 6.08. The molecule has 2 heterocycles. The highest BCUT2D eigenvalue weighted by atomic mass is 19.4. The Kier molecular flexibility index (Phi) is 7.98. The molecule has 2 N–H and O–H groups in total. The van der Waals surface area contributed by atoms with E-state index in [2.05, 4.69) is 5.32 Å². The van der Waals surface area contributed by atoms with Crippen molar-refractivity contribution in [2.45, 2.75) is 26.1 Å². The summed E-state index contributed by atoms with van der Waals surface area (Å²) < 4.78 is 50.0. The molecule has 0 aromatic heterocycles. The SMILES string of the molecule is CCOC(=O)[C@H]1C(=O)NC(N2CCN(c3cccc(C(F)(F)F)c3)CC2)=N[C@@H]1c1ccc(O)c(OCC)c1. The lowest BCUT2D eigenvalue weighted by Gasteiger charge is -2.39. The van der Waals surface area contributed by atoms with E-state index in [0.29, 0.717) is 44.0 Å². The molecule has 2 atom stereocenters. The molecule has 9 nitrogen and oxygen atoms in total. The van der Waals surface area contributed by atoms with Crippen LogP contribution in [0.25, 0.3) is 0 Å². The van der Waals surface area contributed by atoms with Crippen LogP contribution in [0.2, 0.25) is 0 Å². The van der Waals surface area contributed by atoms with Crippen LogP contribution in [-0.4, -0.2) is 67.2 Å². The van der Waals surface area contributed by atoms with E-state index in [-0.39, 0.29) is 24.1 Å². The van der Waals surface area contributed by atoms with Crippen LogP contribution in [0.3, 0.4) is 0 Å². The van der Waals surface area contributed by atoms with Gasteiger partial charge in [-0.3, -0.25) is 14.9 Å². The Morgan fingerprint density at radius 2 is 1.79 bits per heavy atom. The Balaban J connectivity index is 1.58. The summed E-state index contributed by atoms with van der Waals surface area (Å²) in [5.41, 5.74) is 0.232. The van der Waals surface area contributed by atoms with Crippen LogP contribution in [-0.2, 0) is 20.5 Å². The molecule has 2 aromatic rings. The number of esters is 1. The fourth-order valence-corrected chi connectivity index (χ4v) is 4.51. The topological polar surface area (TPSA) is 104 Å². The number of ether oxygens (including phenoxy) is 2. The molecule has 1 amide bonds. The first-order valence-corrected chi connectivity index (χ1v) is 12.3. The maximum absolute atomic E-state index is 13.1. The number of nitrogens with one attached hydrogen (secondary N) is 1. The number of benzene rings is 2. The summed E-state index contributed by atoms with van der Waals surface area (Å²) in [6.07, 6.45) is -4.43. The Labute approximate surface area is 217 Å². The van der Waals surface area contributed by atoms with Gasteiger partial charge in [0.25, 0.3) is 0 Å². The molecule has 0 aliphatic carbocycles. The van der Waals surface area contributed by atoms with E-state index in [1.54, 1.807) is 32.0 Å². The van der Waals surface area contributed by atoms with Gasteiger partial charge in [-0.15, -0.1) is 0 Å². The highest BCUT2D eigenvalue weighted by Crippen LogP contribution is 2.36. The first-order chi connectivity index (χ1) is 18.1. The minimum absolute atomic E-state index is 0.0848. The van der Waals surface area contributed by atoms with E-state index in [0.717, 1.165) is 12.1 Å². The average molecular weight is 535 g/mol. The number of phenols is 1. The summed E-state index contributed by atoms with van der Waals surface area (Å²) >= 11 is 0. The molecule has 1 fully saturated rings. The number of alkyl halides is 3. The Bertz CT molecular complexity index is 1210. The number of hydrogen-bond acceptors (Lipinski definition) is 8. The van der Waals surface area contributed by atoms with E-state index in [1.807, 2.05) is 9.80 Å². The zero-order valence-corrected chi connectivity index (χ0v) is 21.0. The standard InChI is InChI=1S/C26H29F3N4O5/c1-3-37-20-14-16(8-9-19(20)34)22-21(24(36)38-4-2)23(35)31-25(30-22)33-12-10-32(11-13-33)18-7-5-6-17(15-18)26(27,28)29/h5-9,14-15,21-22,34H,3-4,10-13H2,1-2H3,(H,30,31,35)/t21-,22-/m1/s1. The maximum atomic E-state index is 13.1. The predicted molar refractivity (Wildman–Crippen MR) is 133 cm³/mol. The zero-order valence-electron chi connectivity index (χ0n) is 21.0. The molecule has 0 spiro atoms. The summed E-state index contributed by atoms with van der Waals surface area (Å²) in [6, 6.07) is 8.76. The summed E-state index contributed by atoms with van der Waals surface area (Å²) in [5, 5.41) is 12.8. The van der Waals surface area contributed by atoms with Gasteiger partial charge in [0.1, 0.15) is 6.04 Å². The van der Waals surface area contributed by atoms with Crippen LogP contribution < -0.4 is 15.0 Å². The number of aliphatic imine (C=N–C) groups is 1. The van der Waals surface area contributed by atoms with Crippen molar-refractivity contribution in [2.75, 3.05) is 44.3 Å². The molecule has 204 valence electrons. The monoisotopic (exact) mass is 534 g/mol. The molecule has 1 saturated heterocycles. The van der Waals surface area contributed by atoms with Crippen molar-refractivity contribution in [3.05, 3.63) is 53.6 Å². The molecular formula is C26H29F3N4O5. The lowest BCUT2D eigenvalue weighted by molar-refractivity contribution is -0.153. The van der Waals surface area contributed by atoms with Gasteiger partial charge in [0.2, 0.25) is 11.9 Å². The quantitative estimate of drug-likeness (QED) is 0.433. The largest absolute Gasteiger partial charge is 0.504 e. The molecule has 2 aliphatic heterocycles. The van der Waals surface area contributed by atoms with Gasteiger partial charge in [0, 0.05) is 31.9 Å². The average Bonchev–Trinajstić information content (AvgIpc) is 2.89. The zero-order chi connectivity index (χ0) is 27.4. The summed E-state index contributed by atoms with van der Waals surface area (Å²) in [6.45, 7) is 5.34. The number of hydrogen-bond donors (Lipinski definition) is 2. The summed E-state index contributed by atoms with van der Waals surface area (Å²) in [7, 11) is 0. The third-order valence-corrected chi connectivity index (χ3v) is 6.38. The molecule has 4 rings (SSSR count). The lowest BCUT2D eigenvalue weighted by Crippen LogP contribution is -2.57. The number of carbonyl (C=O) groups excluding carboxylic acids is 2. The fraction of sp³-hybridized carbons (Fsp3) is 0.423. The Hall–Kier alpha value is -3.96. The minimum atomic E-state index is -4.43. The van der Waals surface area contributed by atoms with E-state index >= 15 is 0 Å². The molecule has 0 unspecified atom stereocenters. The number of anilines is 1. The minimum Gasteiger partial charge on any atom is -0.504 e. The molecular weight excluding hydrogens is 505 g/mol. The second kappa shape index (κ2) is 11.2. The van der Waals surface area contributed by atoms with Crippen LogP contribution in [0.1, 0.15) is 31.0 Å². The molecule has 0 radical (unpaired) electrons. The highest BCUT2D eigenvalue weighted by Gasteiger charge is 2.42. The normalized spacial score (nSPS) is 20.0. The van der Waals surface area contributed by atoms with Gasteiger partial charge < -0.3 is 24.4 Å². The number of rotatable bonds is 6. The third-order valence-electron chi connectivity index (χ3n) is 6.38. The van der Waals surface area contributed by atoms with Crippen molar-refractivity contribution in [3.63, 3.8) is 0 Å². The third kappa shape index (κ3) is 5.79. The van der Waals surface area contributed by atoms with Crippen molar-refractivity contribution in [1.82, 2.24) is 10.2 Å². The van der Waals surface area contributed by atoms with Crippen molar-refractivity contribution < 1.29 is 37.3 Å². The first-order valence-electron chi connectivity index (χ1n) is 12.3. The van der Waals surface area contributed by atoms with Crippen molar-refractivity contribution in [2.24, 2.45) is 10.9 Å². The number of nitrogens with zero attached hydrogens (tertiary/aromatic N) is 3. The van der Waals surface area contributed by atoms with Crippen LogP contribution in [0.15, 0.2) is 47.5 Å². The Morgan fingerprint density at radius 3 is 2.45 bits per heavy atom. The number of phenolic OH excluding ortho intramolecular Hbond substituents is 1. The fourth-order valence-electron chi connectivity index (χ4n) is 4.51. The van der Waals surface area contributed by atoms with Gasteiger partial charge in [0.05, 0.1) is 18.8 Å². The molecule has 0 saturated carbocycles. The van der Waals surface area contributed by atoms with E-state index < -0.39 is 35.6 Å². The van der Waals surface area contributed by atoms with Crippen LogP contribution in [0.4, 0.5) is 18.9 Å². The van der Waals surface area contributed by atoms with E-state index in [4.69, 9.17) is 14.5 Å². The van der Waals surface area contributed by atoms with Crippen LogP contribution >= 0.6 is 0 Å². The van der Waals surface area contributed by atoms with Crippen molar-refractivity contribution >= 4 is 23.5 Å². The lowest BCUT2D eigenvalue weighted by atomic mass is 9.91. The summed E-state index contributed by atoms with van der Waals surface area (Å²) in [4.78, 5) is 34.2. The molecule has 38 heavy (non-hydrogen) atoms. The summed E-state index contributed by atoms with van der Waals surface area (Å²) in [5.74, 6) is -2.18. The number of guanidine groups is 1. The molecule has 2 aliphatic rings. The number of amides is 1. The number of carbonyl (C=O) groups is 2. The van der Waals surface area contributed by atoms with Gasteiger partial charge in [-0.2, -0.15) is 13.2 Å². The van der Waals surface area contributed by atoms with Crippen LogP contribution in [0, 0.1) is 5.92 Å². The van der Waals surface area contributed by atoms with E-state index in [1.165, 1.54) is 12.1 Å². The first kappa shape index (κ1) is 27.1. The Morgan fingerprint density at radius 1 is 1.08 bits per heavy atom. The van der Waals surface area contributed by atoms with Crippen LogP contribution in [0.5, 0.6) is 11.5 Å². The molecule has 0 bridgehead atoms. The second-order valence-electron chi connectivity index (χ2n) is 8.80. The van der Waals surface area contributed by atoms with Crippen molar-refractivity contribution in [3.8, 4) is 11.5 Å². The maximum Gasteiger partial charge on any atom is 0.416 e. The van der Waals surface area contributed by atoms with Gasteiger partial charge in [0.15, 0.2) is 17.4 Å². The number of aromatic hydroxyl groups is 1. The predicted octanol–water partition coefficient (Wildman–Crippen LogP) is 3.34. The number of halogens is 3. The number of piperazine rings is 1. The van der Waals surface area contributed by atoms with E-state index in [9.17, 15) is 27.9 Å². The van der Waals surface area contributed by atoms with Gasteiger partial charge in [-0.25, -0.2) is 4.99 Å². The van der Waals surface area contributed by atoms with Gasteiger partial charge in [-0.05, 0) is 49.7 Å². The smallest absolute Gasteiger partial charge is 0.416 e.